The average molecular weight is 208 g/mol. The lowest BCUT2D eigenvalue weighted by atomic mass is 10.0. The van der Waals surface area contributed by atoms with Crippen LogP contribution in [-0.2, 0) is 0 Å². The van der Waals surface area contributed by atoms with Gasteiger partial charge in [-0.1, -0.05) is 5.57 Å². The van der Waals surface area contributed by atoms with Gasteiger partial charge < -0.3 is 5.32 Å². The Bertz CT molecular complexity index is 331. The Balaban J connectivity index is 2.04. The van der Waals surface area contributed by atoms with E-state index in [2.05, 4.69) is 28.7 Å². The fourth-order valence-electron chi connectivity index (χ4n) is 1.68. The van der Waals surface area contributed by atoms with Gasteiger partial charge in [-0.3, -0.25) is 0 Å². The first-order chi connectivity index (χ1) is 6.74. The molecule has 0 radical (unpaired) electrons. The number of hydrogen-bond acceptors (Lipinski definition) is 3. The Morgan fingerprint density at radius 3 is 3.07 bits per heavy atom. The largest absolute Gasteiger partial charge is 0.311 e. The molecule has 1 aromatic heterocycles. The molecule has 1 N–H and O–H groups in total. The quantitative estimate of drug-likeness (QED) is 0.767. The van der Waals surface area contributed by atoms with Gasteiger partial charge >= 0.3 is 0 Å². The van der Waals surface area contributed by atoms with Crippen LogP contribution in [0.15, 0.2) is 11.0 Å². The Labute approximate surface area is 89.1 Å². The van der Waals surface area contributed by atoms with Crippen molar-refractivity contribution in [2.75, 3.05) is 6.54 Å². The molecule has 1 aliphatic heterocycles. The van der Waals surface area contributed by atoms with Gasteiger partial charge in [0.1, 0.15) is 0 Å². The van der Waals surface area contributed by atoms with Crippen LogP contribution < -0.4 is 5.32 Å². The lowest BCUT2D eigenvalue weighted by Gasteiger charge is -2.21. The highest BCUT2D eigenvalue weighted by Gasteiger charge is 2.11. The maximum atomic E-state index is 4.44. The Morgan fingerprint density at radius 2 is 2.50 bits per heavy atom. The summed E-state index contributed by atoms with van der Waals surface area (Å²) in [6, 6.07) is 0.671. The third-order valence-electron chi connectivity index (χ3n) is 2.56. The molecular weight excluding hydrogens is 192 g/mol. The van der Waals surface area contributed by atoms with Crippen LogP contribution in [0.2, 0.25) is 0 Å². The van der Waals surface area contributed by atoms with Crippen LogP contribution >= 0.6 is 11.3 Å². The van der Waals surface area contributed by atoms with Crippen molar-refractivity contribution < 1.29 is 0 Å². The summed E-state index contributed by atoms with van der Waals surface area (Å²) in [7, 11) is 0. The summed E-state index contributed by atoms with van der Waals surface area (Å²) in [5.74, 6) is 0. The predicted molar refractivity (Wildman–Crippen MR) is 61.5 cm³/mol. The molecule has 1 fully saturated rings. The van der Waals surface area contributed by atoms with Gasteiger partial charge in [0.15, 0.2) is 0 Å². The number of rotatable bonds is 1. The molecule has 2 rings (SSSR count). The zero-order valence-electron chi connectivity index (χ0n) is 8.71. The number of nitrogens with one attached hydrogen (secondary N) is 1. The second kappa shape index (κ2) is 4.24. The van der Waals surface area contributed by atoms with Crippen LogP contribution in [0.5, 0.6) is 0 Å². The van der Waals surface area contributed by atoms with E-state index in [1.165, 1.54) is 18.4 Å². The molecule has 1 saturated heterocycles. The Morgan fingerprint density at radius 1 is 1.64 bits per heavy atom. The topological polar surface area (TPSA) is 24.9 Å². The van der Waals surface area contributed by atoms with E-state index in [0.29, 0.717) is 6.04 Å². The SMILES string of the molecule is Cc1nc(/C=C2\CCC(C)NC2)cs1. The third kappa shape index (κ3) is 2.42. The molecule has 1 aromatic rings. The summed E-state index contributed by atoms with van der Waals surface area (Å²) in [6.45, 7) is 5.31. The molecule has 3 heteroatoms. The minimum atomic E-state index is 0.671. The van der Waals surface area contributed by atoms with Crippen molar-refractivity contribution in [2.24, 2.45) is 0 Å². The first-order valence-corrected chi connectivity index (χ1v) is 5.97. The smallest absolute Gasteiger partial charge is 0.0901 e. The monoisotopic (exact) mass is 208 g/mol. The van der Waals surface area contributed by atoms with Crippen molar-refractivity contribution in [3.63, 3.8) is 0 Å². The van der Waals surface area contributed by atoms with E-state index in [-0.39, 0.29) is 0 Å². The Kier molecular flexibility index (Phi) is 2.99. The van der Waals surface area contributed by atoms with Gasteiger partial charge in [-0.05, 0) is 32.8 Å². The molecule has 1 aliphatic rings. The fourth-order valence-corrected chi connectivity index (χ4v) is 2.25. The minimum absolute atomic E-state index is 0.671. The van der Waals surface area contributed by atoms with Crippen LogP contribution in [0, 0.1) is 6.92 Å². The predicted octanol–water partition coefficient (Wildman–Crippen LogP) is 2.61. The van der Waals surface area contributed by atoms with Crippen LogP contribution in [0.4, 0.5) is 0 Å². The van der Waals surface area contributed by atoms with Gasteiger partial charge in [0.05, 0.1) is 10.7 Å². The normalized spacial score (nSPS) is 25.6. The standard InChI is InChI=1S/C11H16N2S/c1-8-3-4-10(6-12-8)5-11-7-14-9(2)13-11/h5,7-8,12H,3-4,6H2,1-2H3/b10-5+. The number of piperidine rings is 1. The lowest BCUT2D eigenvalue weighted by Crippen LogP contribution is -2.32. The molecule has 0 aromatic carbocycles. The van der Waals surface area contributed by atoms with Crippen molar-refractivity contribution in [1.29, 1.82) is 0 Å². The molecule has 0 saturated carbocycles. The molecule has 14 heavy (non-hydrogen) atoms. The number of aryl methyl sites for hydroxylation is 1. The fraction of sp³-hybridized carbons (Fsp3) is 0.545. The van der Waals surface area contributed by atoms with Gasteiger partial charge in [-0.2, -0.15) is 0 Å². The second-order valence-corrected chi connectivity index (χ2v) is 4.98. The maximum absolute atomic E-state index is 4.44. The molecular formula is C11H16N2S. The number of thiazole rings is 1. The molecule has 1 atom stereocenters. The van der Waals surface area contributed by atoms with Crippen molar-refractivity contribution >= 4 is 17.4 Å². The highest BCUT2D eigenvalue weighted by Crippen LogP contribution is 2.17. The van der Waals surface area contributed by atoms with Gasteiger partial charge in [-0.15, -0.1) is 11.3 Å². The number of nitrogens with zero attached hydrogens (tertiary/aromatic N) is 1. The first-order valence-electron chi connectivity index (χ1n) is 5.09. The molecule has 0 spiro atoms. The highest BCUT2D eigenvalue weighted by molar-refractivity contribution is 7.09. The van der Waals surface area contributed by atoms with E-state index in [9.17, 15) is 0 Å². The first kappa shape index (κ1) is 9.87. The highest BCUT2D eigenvalue weighted by atomic mass is 32.1. The zero-order chi connectivity index (χ0) is 9.97. The average Bonchev–Trinajstić information content (AvgIpc) is 2.56. The van der Waals surface area contributed by atoms with Gasteiger partial charge in [-0.25, -0.2) is 4.98 Å². The van der Waals surface area contributed by atoms with E-state index in [1.54, 1.807) is 11.3 Å². The summed E-state index contributed by atoms with van der Waals surface area (Å²) in [4.78, 5) is 4.44. The minimum Gasteiger partial charge on any atom is -0.311 e. The van der Waals surface area contributed by atoms with Crippen LogP contribution in [-0.4, -0.2) is 17.6 Å². The number of hydrogen-bond donors (Lipinski definition) is 1. The van der Waals surface area contributed by atoms with E-state index in [1.807, 2.05) is 6.92 Å². The molecule has 2 heterocycles. The Hall–Kier alpha value is -0.670. The molecule has 0 aliphatic carbocycles. The van der Waals surface area contributed by atoms with E-state index in [4.69, 9.17) is 0 Å². The maximum Gasteiger partial charge on any atom is 0.0901 e. The summed E-state index contributed by atoms with van der Waals surface area (Å²) < 4.78 is 0. The van der Waals surface area contributed by atoms with Crippen LogP contribution in [0.1, 0.15) is 30.5 Å². The second-order valence-electron chi connectivity index (χ2n) is 3.91. The molecule has 0 amide bonds. The molecule has 1 unspecified atom stereocenters. The lowest BCUT2D eigenvalue weighted by molar-refractivity contribution is 0.488. The van der Waals surface area contributed by atoms with Crippen molar-refractivity contribution in [2.45, 2.75) is 32.7 Å². The summed E-state index contributed by atoms with van der Waals surface area (Å²) in [6.07, 6.45) is 4.68. The van der Waals surface area contributed by atoms with E-state index >= 15 is 0 Å². The van der Waals surface area contributed by atoms with Crippen molar-refractivity contribution in [3.8, 4) is 0 Å². The molecule has 0 bridgehead atoms. The van der Waals surface area contributed by atoms with Crippen LogP contribution in [0.3, 0.4) is 0 Å². The molecule has 2 nitrogen and oxygen atoms in total. The van der Waals surface area contributed by atoms with Crippen molar-refractivity contribution in [3.05, 3.63) is 21.7 Å². The van der Waals surface area contributed by atoms with Crippen molar-refractivity contribution in [1.82, 2.24) is 10.3 Å². The third-order valence-corrected chi connectivity index (χ3v) is 3.36. The molecule has 76 valence electrons. The van der Waals surface area contributed by atoms with Crippen LogP contribution in [0.25, 0.3) is 6.08 Å². The van der Waals surface area contributed by atoms with E-state index < -0.39 is 0 Å². The summed E-state index contributed by atoms with van der Waals surface area (Å²) >= 11 is 1.72. The van der Waals surface area contributed by atoms with Gasteiger partial charge in [0.2, 0.25) is 0 Å². The summed E-state index contributed by atoms with van der Waals surface area (Å²) in [5, 5.41) is 6.74. The van der Waals surface area contributed by atoms with Gasteiger partial charge in [0, 0.05) is 18.0 Å². The summed E-state index contributed by atoms with van der Waals surface area (Å²) in [5.41, 5.74) is 2.60. The zero-order valence-corrected chi connectivity index (χ0v) is 9.53. The number of aromatic nitrogens is 1. The van der Waals surface area contributed by atoms with Gasteiger partial charge in [0.25, 0.3) is 0 Å². The van der Waals surface area contributed by atoms with E-state index in [0.717, 1.165) is 17.2 Å².